The molecule has 1 aromatic rings. The molecule has 1 atom stereocenters. The lowest BCUT2D eigenvalue weighted by Gasteiger charge is -2.31. The van der Waals surface area contributed by atoms with Gasteiger partial charge in [0.2, 0.25) is 5.91 Å². The number of aryl methyl sites for hydroxylation is 1. The smallest absolute Gasteiger partial charge is 0.237 e. The Labute approximate surface area is 126 Å². The quantitative estimate of drug-likeness (QED) is 0.895. The third-order valence-electron chi connectivity index (χ3n) is 5.10. The molecule has 3 rings (SSSR count). The van der Waals surface area contributed by atoms with Crippen LogP contribution in [0.4, 0.5) is 0 Å². The number of piperidine rings is 1. The lowest BCUT2D eigenvalue weighted by Crippen LogP contribution is -2.48. The summed E-state index contributed by atoms with van der Waals surface area (Å²) < 4.78 is 2.20. The maximum atomic E-state index is 12.4. The Morgan fingerprint density at radius 3 is 2.90 bits per heavy atom. The summed E-state index contributed by atoms with van der Waals surface area (Å²) in [5.41, 5.74) is 0.258. The highest BCUT2D eigenvalue weighted by molar-refractivity contribution is 5.81. The number of nitrogens with one attached hydrogen (secondary N) is 1. The zero-order valence-electron chi connectivity index (χ0n) is 13.1. The number of hydrogen-bond acceptors (Lipinski definition) is 3. The van der Waals surface area contributed by atoms with Gasteiger partial charge in [0.1, 0.15) is 5.82 Å². The van der Waals surface area contributed by atoms with Crippen molar-refractivity contribution in [1.82, 2.24) is 19.8 Å². The van der Waals surface area contributed by atoms with Gasteiger partial charge >= 0.3 is 0 Å². The average Bonchev–Trinajstić information content (AvgIpc) is 3.13. The Morgan fingerprint density at radius 2 is 2.29 bits per heavy atom. The molecule has 5 nitrogen and oxygen atoms in total. The van der Waals surface area contributed by atoms with Crippen LogP contribution in [0.5, 0.6) is 0 Å². The van der Waals surface area contributed by atoms with Crippen LogP contribution in [0.25, 0.3) is 0 Å². The zero-order chi connectivity index (χ0) is 14.9. The van der Waals surface area contributed by atoms with Gasteiger partial charge in [0, 0.05) is 30.9 Å². The molecular formula is C16H26N4O. The molecule has 2 fully saturated rings. The summed E-state index contributed by atoms with van der Waals surface area (Å²) in [6.07, 6.45) is 9.66. The van der Waals surface area contributed by atoms with E-state index in [9.17, 15) is 4.79 Å². The number of likely N-dealkylation sites (N-methyl/N-ethyl adjacent to an activating group) is 1. The molecule has 1 unspecified atom stereocenters. The molecular weight excluding hydrogens is 264 g/mol. The number of hydrogen-bond donors (Lipinski definition) is 1. The van der Waals surface area contributed by atoms with Crippen molar-refractivity contribution in [3.8, 4) is 0 Å². The fourth-order valence-electron chi connectivity index (χ4n) is 3.30. The number of rotatable bonds is 5. The normalized spacial score (nSPS) is 24.8. The molecule has 1 saturated carbocycles. The molecule has 1 saturated heterocycles. The standard InChI is InChI=1S/C16H26N4O/c1-13-17-8-10-20(13)12-16(6-7-16)11-18-15(21)14-5-3-4-9-19(14)2/h8,10,14H,3-7,9,11-12H2,1-2H3,(H,18,21). The van der Waals surface area contributed by atoms with Crippen LogP contribution in [0.1, 0.15) is 37.9 Å². The van der Waals surface area contributed by atoms with Gasteiger partial charge in [-0.3, -0.25) is 9.69 Å². The number of aromatic nitrogens is 2. The minimum absolute atomic E-state index is 0.0736. The van der Waals surface area contributed by atoms with Crippen LogP contribution in [0.15, 0.2) is 12.4 Å². The van der Waals surface area contributed by atoms with Crippen molar-refractivity contribution in [3.63, 3.8) is 0 Å². The second kappa shape index (κ2) is 5.79. The van der Waals surface area contributed by atoms with Gasteiger partial charge in [0.15, 0.2) is 0 Å². The average molecular weight is 290 g/mol. The van der Waals surface area contributed by atoms with Crippen molar-refractivity contribution in [3.05, 3.63) is 18.2 Å². The van der Waals surface area contributed by atoms with Crippen molar-refractivity contribution < 1.29 is 4.79 Å². The van der Waals surface area contributed by atoms with Crippen LogP contribution in [-0.2, 0) is 11.3 Å². The summed E-state index contributed by atoms with van der Waals surface area (Å²) in [7, 11) is 2.06. The van der Waals surface area contributed by atoms with Crippen molar-refractivity contribution in [2.24, 2.45) is 5.41 Å². The molecule has 5 heteroatoms. The Kier molecular flexibility index (Phi) is 4.02. The Morgan fingerprint density at radius 1 is 1.48 bits per heavy atom. The van der Waals surface area contributed by atoms with Crippen LogP contribution in [0.2, 0.25) is 0 Å². The third kappa shape index (κ3) is 3.28. The summed E-state index contributed by atoms with van der Waals surface area (Å²) >= 11 is 0. The van der Waals surface area contributed by atoms with Crippen LogP contribution in [0, 0.1) is 12.3 Å². The highest BCUT2D eigenvalue weighted by Gasteiger charge is 2.43. The molecule has 116 valence electrons. The second-order valence-electron chi connectivity index (χ2n) is 6.81. The predicted octanol–water partition coefficient (Wildman–Crippen LogP) is 1.57. The SMILES string of the molecule is Cc1nccn1CC1(CNC(=O)C2CCCCN2C)CC1. The van der Waals surface area contributed by atoms with Crippen molar-refractivity contribution in [2.75, 3.05) is 20.1 Å². The van der Waals surface area contributed by atoms with Gasteiger partial charge < -0.3 is 9.88 Å². The minimum Gasteiger partial charge on any atom is -0.354 e. The fraction of sp³-hybridized carbons (Fsp3) is 0.750. The summed E-state index contributed by atoms with van der Waals surface area (Å²) in [5.74, 6) is 1.27. The number of imidazole rings is 1. The topological polar surface area (TPSA) is 50.2 Å². The first-order chi connectivity index (χ1) is 10.1. The van der Waals surface area contributed by atoms with Gasteiger partial charge in [-0.05, 0) is 46.2 Å². The Hall–Kier alpha value is -1.36. The second-order valence-corrected chi connectivity index (χ2v) is 6.81. The lowest BCUT2D eigenvalue weighted by molar-refractivity contribution is -0.127. The van der Waals surface area contributed by atoms with Gasteiger partial charge in [-0.15, -0.1) is 0 Å². The van der Waals surface area contributed by atoms with E-state index in [1.807, 2.05) is 19.3 Å². The molecule has 2 aliphatic rings. The van der Waals surface area contributed by atoms with Crippen LogP contribution in [0.3, 0.4) is 0 Å². The summed E-state index contributed by atoms with van der Waals surface area (Å²) in [4.78, 5) is 18.8. The third-order valence-corrected chi connectivity index (χ3v) is 5.10. The molecule has 1 N–H and O–H groups in total. The molecule has 0 spiro atoms. The lowest BCUT2D eigenvalue weighted by atomic mass is 10.0. The van der Waals surface area contributed by atoms with E-state index in [1.165, 1.54) is 25.7 Å². The maximum absolute atomic E-state index is 12.4. The van der Waals surface area contributed by atoms with E-state index in [0.29, 0.717) is 0 Å². The molecule has 0 aromatic carbocycles. The first kappa shape index (κ1) is 14.6. The first-order valence-corrected chi connectivity index (χ1v) is 8.05. The number of nitrogens with zero attached hydrogens (tertiary/aromatic N) is 3. The molecule has 1 amide bonds. The Bertz CT molecular complexity index is 506. The summed E-state index contributed by atoms with van der Waals surface area (Å²) in [6, 6.07) is 0.0736. The highest BCUT2D eigenvalue weighted by Crippen LogP contribution is 2.46. The van der Waals surface area contributed by atoms with Gasteiger partial charge in [-0.25, -0.2) is 4.98 Å². The molecule has 2 heterocycles. The number of amides is 1. The fourth-order valence-corrected chi connectivity index (χ4v) is 3.30. The largest absolute Gasteiger partial charge is 0.354 e. The van der Waals surface area contributed by atoms with Crippen molar-refractivity contribution in [2.45, 2.75) is 51.6 Å². The van der Waals surface area contributed by atoms with Crippen LogP contribution in [-0.4, -0.2) is 46.5 Å². The van der Waals surface area contributed by atoms with Crippen molar-refractivity contribution in [1.29, 1.82) is 0 Å². The number of carbonyl (C=O) groups excluding carboxylic acids is 1. The van der Waals surface area contributed by atoms with Gasteiger partial charge in [0.05, 0.1) is 6.04 Å². The molecule has 21 heavy (non-hydrogen) atoms. The van der Waals surface area contributed by atoms with E-state index in [1.54, 1.807) is 0 Å². The van der Waals surface area contributed by atoms with Gasteiger partial charge in [0.25, 0.3) is 0 Å². The minimum atomic E-state index is 0.0736. The molecule has 1 aliphatic carbocycles. The van der Waals surface area contributed by atoms with E-state index in [2.05, 4.69) is 26.8 Å². The summed E-state index contributed by atoms with van der Waals surface area (Å²) in [6.45, 7) is 4.84. The van der Waals surface area contributed by atoms with E-state index in [4.69, 9.17) is 0 Å². The van der Waals surface area contributed by atoms with Crippen LogP contribution < -0.4 is 5.32 Å². The molecule has 0 radical (unpaired) electrons. The number of likely N-dealkylation sites (tertiary alicyclic amines) is 1. The van der Waals surface area contributed by atoms with Gasteiger partial charge in [-0.1, -0.05) is 6.42 Å². The van der Waals surface area contributed by atoms with Crippen LogP contribution >= 0.6 is 0 Å². The first-order valence-electron chi connectivity index (χ1n) is 8.05. The van der Waals surface area contributed by atoms with Gasteiger partial charge in [-0.2, -0.15) is 0 Å². The highest BCUT2D eigenvalue weighted by atomic mass is 16.2. The molecule has 0 bridgehead atoms. The molecule has 1 aliphatic heterocycles. The van der Waals surface area contributed by atoms with E-state index in [0.717, 1.165) is 31.9 Å². The molecule has 1 aromatic heterocycles. The maximum Gasteiger partial charge on any atom is 0.237 e. The predicted molar refractivity (Wildman–Crippen MR) is 81.9 cm³/mol. The van der Waals surface area contributed by atoms with E-state index < -0.39 is 0 Å². The Balaban J connectivity index is 1.52. The summed E-state index contributed by atoms with van der Waals surface area (Å²) in [5, 5.41) is 3.20. The zero-order valence-corrected chi connectivity index (χ0v) is 13.1. The monoisotopic (exact) mass is 290 g/mol. The number of carbonyl (C=O) groups is 1. The van der Waals surface area contributed by atoms with Crippen molar-refractivity contribution >= 4 is 5.91 Å². The van der Waals surface area contributed by atoms with E-state index in [-0.39, 0.29) is 17.4 Å². The van der Waals surface area contributed by atoms with E-state index >= 15 is 0 Å².